The van der Waals surface area contributed by atoms with Crippen molar-refractivity contribution >= 4 is 8.32 Å². The average Bonchev–Trinajstić information content (AvgIpc) is 1.57. The summed E-state index contributed by atoms with van der Waals surface area (Å²) < 4.78 is 5.80. The average molecular weight is 159 g/mol. The molecule has 0 radical (unpaired) electrons. The predicted octanol–water partition coefficient (Wildman–Crippen LogP) is 1.33. The van der Waals surface area contributed by atoms with Gasteiger partial charge in [0.15, 0.2) is 8.32 Å². The van der Waals surface area contributed by atoms with Crippen LogP contribution < -0.4 is 5.73 Å². The van der Waals surface area contributed by atoms with Crippen molar-refractivity contribution < 1.29 is 4.43 Å². The van der Waals surface area contributed by atoms with Gasteiger partial charge >= 0.3 is 0 Å². The first kappa shape index (κ1) is 8.24. The Bertz CT molecular complexity index is 115. The summed E-state index contributed by atoms with van der Waals surface area (Å²) in [5.74, 6) is 0. The van der Waals surface area contributed by atoms with Crippen molar-refractivity contribution in [3.8, 4) is 0 Å². The summed E-state index contributed by atoms with van der Waals surface area (Å²) >= 11 is 0. The van der Waals surface area contributed by atoms with Crippen molar-refractivity contribution in [3.05, 3.63) is 0 Å². The van der Waals surface area contributed by atoms with Gasteiger partial charge in [0.05, 0.1) is 0 Å². The molecule has 1 fully saturated rings. The third-order valence-electron chi connectivity index (χ3n) is 1.65. The fraction of sp³-hybridized carbons (Fsp3) is 1.00. The van der Waals surface area contributed by atoms with E-state index >= 15 is 0 Å². The molecule has 0 spiro atoms. The minimum Gasteiger partial charge on any atom is -0.415 e. The van der Waals surface area contributed by atoms with E-state index in [0.29, 0.717) is 12.1 Å². The van der Waals surface area contributed by atoms with Gasteiger partial charge in [0, 0.05) is 12.1 Å². The van der Waals surface area contributed by atoms with Gasteiger partial charge in [0.25, 0.3) is 0 Å². The van der Waals surface area contributed by atoms with Crippen LogP contribution in [0, 0.1) is 0 Å². The summed E-state index contributed by atoms with van der Waals surface area (Å²) in [6.45, 7) is 6.66. The van der Waals surface area contributed by atoms with Gasteiger partial charge in [-0.25, -0.2) is 0 Å². The van der Waals surface area contributed by atoms with E-state index in [4.69, 9.17) is 10.2 Å². The fourth-order valence-electron chi connectivity index (χ4n) is 1.20. The largest absolute Gasteiger partial charge is 0.415 e. The molecule has 0 amide bonds. The van der Waals surface area contributed by atoms with Crippen LogP contribution in [0.5, 0.6) is 0 Å². The molecule has 60 valence electrons. The topological polar surface area (TPSA) is 35.2 Å². The molecule has 1 aliphatic rings. The van der Waals surface area contributed by atoms with E-state index in [-0.39, 0.29) is 0 Å². The van der Waals surface area contributed by atoms with Crippen LogP contribution >= 0.6 is 0 Å². The Balaban J connectivity index is 2.16. The standard InChI is InChI=1S/C7H17NOSi/c1-10(2,3)9-7-4-6(8)5-7/h6-7H,4-5,8H2,1-3H3. The van der Waals surface area contributed by atoms with Gasteiger partial charge in [-0.05, 0) is 32.5 Å². The van der Waals surface area contributed by atoms with Crippen molar-refractivity contribution in [3.63, 3.8) is 0 Å². The molecule has 0 aliphatic heterocycles. The lowest BCUT2D eigenvalue weighted by Gasteiger charge is -2.36. The Hall–Kier alpha value is 0.137. The second kappa shape index (κ2) is 2.64. The second-order valence-corrected chi connectivity index (χ2v) is 8.54. The Labute approximate surface area is 63.9 Å². The molecule has 0 bridgehead atoms. The lowest BCUT2D eigenvalue weighted by Crippen LogP contribution is -2.46. The van der Waals surface area contributed by atoms with Gasteiger partial charge in [-0.3, -0.25) is 0 Å². The monoisotopic (exact) mass is 159 g/mol. The van der Waals surface area contributed by atoms with E-state index in [1.165, 1.54) is 0 Å². The highest BCUT2D eigenvalue weighted by Crippen LogP contribution is 2.24. The first-order valence-electron chi connectivity index (χ1n) is 3.91. The maximum Gasteiger partial charge on any atom is 0.184 e. The van der Waals surface area contributed by atoms with Crippen LogP contribution in [0.25, 0.3) is 0 Å². The Kier molecular flexibility index (Phi) is 2.17. The highest BCUT2D eigenvalue weighted by molar-refractivity contribution is 6.69. The molecule has 0 saturated heterocycles. The number of rotatable bonds is 2. The molecule has 0 aromatic carbocycles. The maximum absolute atomic E-state index is 5.80. The molecular formula is C7H17NOSi. The molecule has 1 rings (SSSR count). The molecule has 1 saturated carbocycles. The summed E-state index contributed by atoms with van der Waals surface area (Å²) in [4.78, 5) is 0. The molecule has 10 heavy (non-hydrogen) atoms. The zero-order chi connectivity index (χ0) is 7.78. The number of nitrogens with two attached hydrogens (primary N) is 1. The molecule has 0 aromatic heterocycles. The van der Waals surface area contributed by atoms with Gasteiger partial charge in [-0.2, -0.15) is 0 Å². The molecule has 0 heterocycles. The molecule has 0 unspecified atom stereocenters. The number of hydrogen-bond acceptors (Lipinski definition) is 2. The van der Waals surface area contributed by atoms with Gasteiger partial charge in [-0.1, -0.05) is 0 Å². The normalized spacial score (nSPS) is 33.6. The number of hydrogen-bond donors (Lipinski definition) is 1. The van der Waals surface area contributed by atoms with Crippen LogP contribution in [0.1, 0.15) is 12.8 Å². The molecular weight excluding hydrogens is 142 g/mol. The zero-order valence-electron chi connectivity index (χ0n) is 7.05. The van der Waals surface area contributed by atoms with Crippen molar-refractivity contribution in [1.82, 2.24) is 0 Å². The third kappa shape index (κ3) is 2.40. The second-order valence-electron chi connectivity index (χ2n) is 4.08. The lowest BCUT2D eigenvalue weighted by molar-refractivity contribution is 0.0940. The quantitative estimate of drug-likeness (QED) is 0.617. The summed E-state index contributed by atoms with van der Waals surface area (Å²) in [6, 6.07) is 0.418. The summed E-state index contributed by atoms with van der Waals surface area (Å²) in [5.41, 5.74) is 5.62. The summed E-state index contributed by atoms with van der Waals surface area (Å²) in [5, 5.41) is 0. The molecule has 0 atom stereocenters. The van der Waals surface area contributed by atoms with Gasteiger partial charge in [0.2, 0.25) is 0 Å². The van der Waals surface area contributed by atoms with Gasteiger partial charge in [-0.15, -0.1) is 0 Å². The molecule has 0 aromatic rings. The van der Waals surface area contributed by atoms with Gasteiger partial charge < -0.3 is 10.2 Å². The van der Waals surface area contributed by atoms with Crippen LogP contribution in [0.15, 0.2) is 0 Å². The minimum absolute atomic E-state index is 0.418. The van der Waals surface area contributed by atoms with E-state index < -0.39 is 8.32 Å². The van der Waals surface area contributed by atoms with E-state index in [1.807, 2.05) is 0 Å². The smallest absolute Gasteiger partial charge is 0.184 e. The van der Waals surface area contributed by atoms with E-state index in [0.717, 1.165) is 12.8 Å². The van der Waals surface area contributed by atoms with Crippen LogP contribution in [-0.2, 0) is 4.43 Å². The Morgan fingerprint density at radius 1 is 1.30 bits per heavy atom. The lowest BCUT2D eigenvalue weighted by atomic mass is 9.91. The van der Waals surface area contributed by atoms with Crippen molar-refractivity contribution in [2.45, 2.75) is 44.6 Å². The van der Waals surface area contributed by atoms with Crippen molar-refractivity contribution in [1.29, 1.82) is 0 Å². The van der Waals surface area contributed by atoms with Crippen LogP contribution in [0.4, 0.5) is 0 Å². The Morgan fingerprint density at radius 3 is 2.10 bits per heavy atom. The Morgan fingerprint density at radius 2 is 1.80 bits per heavy atom. The third-order valence-corrected chi connectivity index (χ3v) is 2.69. The molecule has 3 heteroatoms. The minimum atomic E-state index is -1.28. The van der Waals surface area contributed by atoms with E-state index in [9.17, 15) is 0 Å². The maximum atomic E-state index is 5.80. The first-order chi connectivity index (χ1) is 4.47. The highest BCUT2D eigenvalue weighted by atomic mass is 28.4. The van der Waals surface area contributed by atoms with Crippen LogP contribution in [0.2, 0.25) is 19.6 Å². The van der Waals surface area contributed by atoms with E-state index in [2.05, 4.69) is 19.6 Å². The highest BCUT2D eigenvalue weighted by Gasteiger charge is 2.30. The SMILES string of the molecule is C[Si](C)(C)OC1CC(N)C1. The van der Waals surface area contributed by atoms with Crippen LogP contribution in [0.3, 0.4) is 0 Å². The van der Waals surface area contributed by atoms with Crippen LogP contribution in [-0.4, -0.2) is 20.5 Å². The predicted molar refractivity (Wildman–Crippen MR) is 45.4 cm³/mol. The summed E-state index contributed by atoms with van der Waals surface area (Å²) in [7, 11) is -1.28. The van der Waals surface area contributed by atoms with E-state index in [1.54, 1.807) is 0 Å². The van der Waals surface area contributed by atoms with Crippen molar-refractivity contribution in [2.75, 3.05) is 0 Å². The van der Waals surface area contributed by atoms with Gasteiger partial charge in [0.1, 0.15) is 0 Å². The van der Waals surface area contributed by atoms with Crippen molar-refractivity contribution in [2.24, 2.45) is 5.73 Å². The zero-order valence-corrected chi connectivity index (χ0v) is 8.05. The fourth-order valence-corrected chi connectivity index (χ4v) is 2.39. The first-order valence-corrected chi connectivity index (χ1v) is 7.31. The summed E-state index contributed by atoms with van der Waals surface area (Å²) in [6.07, 6.45) is 2.64. The molecule has 2 nitrogen and oxygen atoms in total. The molecule has 1 aliphatic carbocycles. The molecule has 2 N–H and O–H groups in total.